The van der Waals surface area contributed by atoms with E-state index in [1.54, 1.807) is 30.5 Å². The molecule has 0 spiro atoms. The Hall–Kier alpha value is -3.65. The molecule has 8 heteroatoms. The van der Waals surface area contributed by atoms with Gasteiger partial charge in [-0.25, -0.2) is 0 Å². The summed E-state index contributed by atoms with van der Waals surface area (Å²) in [4.78, 5) is 21.9. The molecular weight excluding hydrogens is 469 g/mol. The molecule has 2 unspecified atom stereocenters. The number of carbonyl (C=O) groups excluding carboxylic acids is 2. The highest BCUT2D eigenvalue weighted by atomic mass is 19.4. The molecule has 1 heterocycles. The molecule has 2 aromatic rings. The van der Waals surface area contributed by atoms with Crippen molar-refractivity contribution in [3.05, 3.63) is 89.2 Å². The second kappa shape index (κ2) is 10.5. The normalized spacial score (nSPS) is 19.9. The van der Waals surface area contributed by atoms with E-state index in [-0.39, 0.29) is 24.7 Å². The van der Waals surface area contributed by atoms with E-state index >= 15 is 0 Å². The molecule has 5 rings (SSSR count). The molecule has 1 aliphatic heterocycles. The summed E-state index contributed by atoms with van der Waals surface area (Å²) in [6, 6.07) is 11.3. The van der Waals surface area contributed by atoms with Crippen LogP contribution in [-0.4, -0.2) is 42.2 Å². The van der Waals surface area contributed by atoms with E-state index < -0.39 is 18.1 Å². The molecule has 188 valence electrons. The van der Waals surface area contributed by atoms with E-state index in [0.29, 0.717) is 13.0 Å². The van der Waals surface area contributed by atoms with E-state index in [4.69, 9.17) is 0 Å². The van der Waals surface area contributed by atoms with Crippen LogP contribution in [0, 0.1) is 0 Å². The van der Waals surface area contributed by atoms with Gasteiger partial charge in [-0.2, -0.15) is 13.2 Å². The van der Waals surface area contributed by atoms with Gasteiger partial charge in [0.1, 0.15) is 0 Å². The largest absolute Gasteiger partial charge is 0.471 e. The number of amides is 1. The first kappa shape index (κ1) is 25.4. The molecule has 0 radical (unpaired) electrons. The second-order valence-corrected chi connectivity index (χ2v) is 8.99. The van der Waals surface area contributed by atoms with E-state index in [9.17, 15) is 27.9 Å². The first-order valence-corrected chi connectivity index (χ1v) is 11.7. The number of aliphatic hydroxyl groups is 1. The van der Waals surface area contributed by atoms with Gasteiger partial charge in [0.2, 0.25) is 0 Å². The maximum atomic E-state index is 12.7. The standard InChI is InChI=1S/C22H20F3NO2.C6H7NO/c1-12-8-15(26-21(28)22(23,24)25)10-19-16(12)6-7-18-17-5-3-2-4-13(17)9-14(11-27)20(18)19;8-6-3-1-2-4-7-5-6/h2-8,14-15,27H,9-11H2,1H3,(H,26,28);1-4,7H,5H2. The van der Waals surface area contributed by atoms with Crippen LogP contribution >= 0.6 is 0 Å². The zero-order chi connectivity index (χ0) is 25.9. The number of rotatable bonds is 2. The molecule has 0 fully saturated rings. The Balaban J connectivity index is 0.000000325. The zero-order valence-electron chi connectivity index (χ0n) is 19.7. The monoisotopic (exact) mass is 496 g/mol. The van der Waals surface area contributed by atoms with E-state index in [2.05, 4.69) is 10.6 Å². The molecule has 1 amide bonds. The Labute approximate surface area is 207 Å². The van der Waals surface area contributed by atoms with Crippen LogP contribution in [0.4, 0.5) is 13.2 Å². The Bertz CT molecular complexity index is 1260. The third-order valence-corrected chi connectivity index (χ3v) is 6.52. The van der Waals surface area contributed by atoms with Crippen LogP contribution in [0.5, 0.6) is 0 Å². The van der Waals surface area contributed by atoms with Gasteiger partial charge < -0.3 is 15.7 Å². The predicted octanol–water partition coefficient (Wildman–Crippen LogP) is 4.22. The number of aliphatic hydroxyl groups excluding tert-OH is 1. The molecule has 3 aliphatic rings. The average Bonchev–Trinajstić information content (AvgIpc) is 3.10. The number of hydrogen-bond donors (Lipinski definition) is 3. The highest BCUT2D eigenvalue weighted by molar-refractivity contribution is 5.92. The maximum absolute atomic E-state index is 12.7. The average molecular weight is 497 g/mol. The van der Waals surface area contributed by atoms with Crippen LogP contribution in [0.3, 0.4) is 0 Å². The summed E-state index contributed by atoms with van der Waals surface area (Å²) >= 11 is 0. The highest BCUT2D eigenvalue weighted by Gasteiger charge is 2.40. The second-order valence-electron chi connectivity index (χ2n) is 8.99. The molecular formula is C28H27F3N2O3. The summed E-state index contributed by atoms with van der Waals surface area (Å²) < 4.78 is 38.1. The van der Waals surface area contributed by atoms with Crippen molar-refractivity contribution in [3.63, 3.8) is 0 Å². The van der Waals surface area contributed by atoms with Crippen molar-refractivity contribution >= 4 is 17.3 Å². The topological polar surface area (TPSA) is 78.4 Å². The quantitative estimate of drug-likeness (QED) is 0.582. The Kier molecular flexibility index (Phi) is 7.45. The molecule has 2 atom stereocenters. The lowest BCUT2D eigenvalue weighted by atomic mass is 9.73. The fourth-order valence-corrected chi connectivity index (χ4v) is 4.96. The zero-order valence-corrected chi connectivity index (χ0v) is 19.7. The number of carbonyl (C=O) groups is 2. The van der Waals surface area contributed by atoms with Crippen LogP contribution < -0.4 is 10.6 Å². The third-order valence-electron chi connectivity index (χ3n) is 6.52. The molecule has 0 saturated heterocycles. The minimum atomic E-state index is -4.91. The fourth-order valence-electron chi connectivity index (χ4n) is 4.96. The van der Waals surface area contributed by atoms with Crippen molar-refractivity contribution in [1.29, 1.82) is 0 Å². The Morgan fingerprint density at radius 2 is 1.83 bits per heavy atom. The Morgan fingerprint density at radius 3 is 2.58 bits per heavy atom. The van der Waals surface area contributed by atoms with Crippen molar-refractivity contribution in [2.45, 2.75) is 37.9 Å². The van der Waals surface area contributed by atoms with Crippen LogP contribution in [0.25, 0.3) is 16.7 Å². The van der Waals surface area contributed by atoms with Gasteiger partial charge in [0.25, 0.3) is 0 Å². The predicted molar refractivity (Wildman–Crippen MR) is 132 cm³/mol. The van der Waals surface area contributed by atoms with Crippen LogP contribution in [0.15, 0.2) is 66.9 Å². The summed E-state index contributed by atoms with van der Waals surface area (Å²) in [7, 11) is 0. The van der Waals surface area contributed by atoms with Crippen LogP contribution in [0.1, 0.15) is 35.1 Å². The number of allylic oxidation sites excluding steroid dienone is 3. The summed E-state index contributed by atoms with van der Waals surface area (Å²) in [5.74, 6) is -1.93. The smallest absolute Gasteiger partial charge is 0.396 e. The fraction of sp³-hybridized carbons (Fsp3) is 0.286. The third kappa shape index (κ3) is 5.44. The summed E-state index contributed by atoms with van der Waals surface area (Å²) in [5, 5.41) is 14.9. The minimum absolute atomic E-state index is 0.0415. The molecule has 0 bridgehead atoms. The van der Waals surface area contributed by atoms with Crippen molar-refractivity contribution in [3.8, 4) is 11.1 Å². The lowest BCUT2D eigenvalue weighted by molar-refractivity contribution is -0.174. The van der Waals surface area contributed by atoms with E-state index in [0.717, 1.165) is 39.0 Å². The molecule has 0 saturated carbocycles. The molecule has 3 N–H and O–H groups in total. The van der Waals surface area contributed by atoms with Gasteiger partial charge in [-0.15, -0.1) is 0 Å². The first-order valence-electron chi connectivity index (χ1n) is 11.7. The summed E-state index contributed by atoms with van der Waals surface area (Å²) in [6.07, 6.45) is 4.54. The van der Waals surface area contributed by atoms with E-state index in [1.807, 2.05) is 43.3 Å². The van der Waals surface area contributed by atoms with Gasteiger partial charge in [-0.3, -0.25) is 9.59 Å². The van der Waals surface area contributed by atoms with Gasteiger partial charge in [0, 0.05) is 5.92 Å². The number of halogens is 3. The molecule has 36 heavy (non-hydrogen) atoms. The summed E-state index contributed by atoms with van der Waals surface area (Å²) in [5.41, 5.74) is 6.94. The van der Waals surface area contributed by atoms with Crippen molar-refractivity contribution in [1.82, 2.24) is 10.6 Å². The lowest BCUT2D eigenvalue weighted by Crippen LogP contribution is -2.44. The van der Waals surface area contributed by atoms with Gasteiger partial charge >= 0.3 is 12.1 Å². The maximum Gasteiger partial charge on any atom is 0.471 e. The highest BCUT2D eigenvalue weighted by Crippen LogP contribution is 2.44. The minimum Gasteiger partial charge on any atom is -0.396 e. The number of alkyl halides is 3. The van der Waals surface area contributed by atoms with Gasteiger partial charge in [0.15, 0.2) is 5.78 Å². The number of ketones is 1. The van der Waals surface area contributed by atoms with Gasteiger partial charge in [-0.05, 0) is 77.1 Å². The lowest BCUT2D eigenvalue weighted by Gasteiger charge is -2.33. The van der Waals surface area contributed by atoms with Crippen molar-refractivity contribution in [2.75, 3.05) is 13.2 Å². The first-order chi connectivity index (χ1) is 17.2. The number of fused-ring (bicyclic) bond motifs is 5. The van der Waals surface area contributed by atoms with Gasteiger partial charge in [-0.1, -0.05) is 48.6 Å². The summed E-state index contributed by atoms with van der Waals surface area (Å²) in [6.45, 7) is 2.22. The number of benzene rings is 2. The SMILES string of the molecule is CC1=CC(NC(=O)C(F)(F)F)Cc2c1ccc1c2C(CO)Cc2ccccc2-1.O=C1C=CC=CNC1. The van der Waals surface area contributed by atoms with Crippen molar-refractivity contribution < 1.29 is 27.9 Å². The van der Waals surface area contributed by atoms with Crippen molar-refractivity contribution in [2.24, 2.45) is 0 Å². The number of nitrogens with one attached hydrogen (secondary N) is 2. The molecule has 2 aliphatic carbocycles. The molecule has 0 aromatic heterocycles. The van der Waals surface area contributed by atoms with E-state index in [1.165, 1.54) is 0 Å². The number of hydrogen-bond acceptors (Lipinski definition) is 4. The Morgan fingerprint density at radius 1 is 1.08 bits per heavy atom. The molecule has 2 aromatic carbocycles. The molecule has 5 nitrogen and oxygen atoms in total. The van der Waals surface area contributed by atoms with Crippen LogP contribution in [-0.2, 0) is 22.4 Å². The van der Waals surface area contributed by atoms with Gasteiger partial charge in [0.05, 0.1) is 19.2 Å². The van der Waals surface area contributed by atoms with Crippen LogP contribution in [0.2, 0.25) is 0 Å².